The first-order chi connectivity index (χ1) is 16.1. The molecule has 3 N–H and O–H groups in total. The van der Waals surface area contributed by atoms with Gasteiger partial charge < -0.3 is 20.6 Å². The number of carbonyl (C=O) groups excluding carboxylic acids is 1. The predicted molar refractivity (Wildman–Crippen MR) is 132 cm³/mol. The van der Waals surface area contributed by atoms with Gasteiger partial charge in [0, 0.05) is 38.1 Å². The lowest BCUT2D eigenvalue weighted by atomic mass is 10.0. The van der Waals surface area contributed by atoms with Crippen molar-refractivity contribution in [3.8, 4) is 0 Å². The summed E-state index contributed by atoms with van der Waals surface area (Å²) in [5, 5.41) is 15.3. The van der Waals surface area contributed by atoms with Crippen LogP contribution < -0.4 is 26.4 Å². The Bertz CT molecular complexity index is 1270. The summed E-state index contributed by atoms with van der Waals surface area (Å²) < 4.78 is 0. The van der Waals surface area contributed by atoms with E-state index in [-0.39, 0.29) is 33.4 Å². The standard InChI is InChI=1S/C23H22Cl2N4O5/c1-3-8-29(2)19-18(20(30)21(19)31)28-16(23(33)34)9-12-4-6-13(7-5-12)27-22(32)17-14(24)10-26-11-15(17)25/h4-7,10-11,16,28H,3,8-9H2,1-2H3,(H,27,32)(H,33,34)/t16-/m0/s1. The quantitative estimate of drug-likeness (QED) is 0.359. The monoisotopic (exact) mass is 504 g/mol. The molecule has 0 radical (unpaired) electrons. The molecule has 0 fully saturated rings. The minimum atomic E-state index is -1.17. The van der Waals surface area contributed by atoms with Crippen LogP contribution in [0.5, 0.6) is 0 Å². The van der Waals surface area contributed by atoms with Gasteiger partial charge in [-0.15, -0.1) is 0 Å². The SMILES string of the molecule is CCCN(C)c1c(N[C@@H](Cc2ccc(NC(=O)c3c(Cl)cncc3Cl)cc2)C(=O)O)c(=O)c1=O. The van der Waals surface area contributed by atoms with E-state index in [0.717, 1.165) is 6.42 Å². The number of halogens is 2. The number of amides is 1. The number of anilines is 3. The molecule has 1 heterocycles. The molecule has 0 unspecified atom stereocenters. The second-order valence-electron chi connectivity index (χ2n) is 7.67. The topological polar surface area (TPSA) is 129 Å². The molecule has 0 aliphatic carbocycles. The fourth-order valence-electron chi connectivity index (χ4n) is 3.48. The van der Waals surface area contributed by atoms with E-state index in [2.05, 4.69) is 15.6 Å². The number of pyridine rings is 1. The molecule has 0 aliphatic heterocycles. The Kier molecular flexibility index (Phi) is 7.90. The molecule has 0 bridgehead atoms. The second-order valence-corrected chi connectivity index (χ2v) is 8.49. The molecule has 0 aliphatic rings. The molecule has 2 aromatic carbocycles. The zero-order chi connectivity index (χ0) is 25.0. The third-order valence-corrected chi connectivity index (χ3v) is 5.75. The van der Waals surface area contributed by atoms with Crippen molar-refractivity contribution in [3.63, 3.8) is 0 Å². The van der Waals surface area contributed by atoms with Crippen LogP contribution in [0.2, 0.25) is 10.0 Å². The fourth-order valence-corrected chi connectivity index (χ4v) is 4.02. The number of nitrogens with one attached hydrogen (secondary N) is 2. The summed E-state index contributed by atoms with van der Waals surface area (Å²) in [5.74, 6) is -1.68. The Labute approximate surface area is 205 Å². The molecule has 0 saturated heterocycles. The Morgan fingerprint density at radius 2 is 1.71 bits per heavy atom. The molecule has 3 aromatic rings. The van der Waals surface area contributed by atoms with Crippen molar-refractivity contribution in [2.45, 2.75) is 25.8 Å². The normalized spacial score (nSPS) is 11.8. The van der Waals surface area contributed by atoms with Crippen molar-refractivity contribution in [2.24, 2.45) is 0 Å². The summed E-state index contributed by atoms with van der Waals surface area (Å²) >= 11 is 12.0. The number of aliphatic carboxylic acids is 1. The number of benzene rings is 1. The van der Waals surface area contributed by atoms with Crippen LogP contribution in [0.3, 0.4) is 0 Å². The van der Waals surface area contributed by atoms with Gasteiger partial charge in [-0.05, 0) is 24.1 Å². The molecule has 34 heavy (non-hydrogen) atoms. The van der Waals surface area contributed by atoms with Gasteiger partial charge in [-0.1, -0.05) is 42.3 Å². The van der Waals surface area contributed by atoms with Crippen molar-refractivity contribution in [1.29, 1.82) is 0 Å². The second kappa shape index (κ2) is 10.7. The first kappa shape index (κ1) is 25.2. The van der Waals surface area contributed by atoms with E-state index >= 15 is 0 Å². The Hall–Kier alpha value is -3.43. The van der Waals surface area contributed by atoms with E-state index in [4.69, 9.17) is 23.2 Å². The maximum Gasteiger partial charge on any atom is 0.326 e. The van der Waals surface area contributed by atoms with Crippen LogP contribution >= 0.6 is 23.2 Å². The molecular formula is C23H22Cl2N4O5. The minimum Gasteiger partial charge on any atom is -0.480 e. The van der Waals surface area contributed by atoms with Crippen molar-refractivity contribution in [1.82, 2.24) is 4.98 Å². The molecule has 1 atom stereocenters. The van der Waals surface area contributed by atoms with Gasteiger partial charge in [0.25, 0.3) is 16.8 Å². The number of nitrogens with zero attached hydrogens (tertiary/aromatic N) is 2. The lowest BCUT2D eigenvalue weighted by molar-refractivity contribution is -0.137. The van der Waals surface area contributed by atoms with Crippen LogP contribution in [-0.4, -0.2) is 41.6 Å². The zero-order valence-electron chi connectivity index (χ0n) is 18.4. The van der Waals surface area contributed by atoms with E-state index in [1.807, 2.05) is 6.92 Å². The molecule has 178 valence electrons. The van der Waals surface area contributed by atoms with E-state index in [0.29, 0.717) is 17.8 Å². The van der Waals surface area contributed by atoms with Gasteiger partial charge >= 0.3 is 5.97 Å². The Morgan fingerprint density at radius 1 is 1.09 bits per heavy atom. The molecule has 1 aromatic heterocycles. The molecule has 1 amide bonds. The summed E-state index contributed by atoms with van der Waals surface area (Å²) in [4.78, 5) is 53.8. The van der Waals surface area contributed by atoms with Gasteiger partial charge in [-0.2, -0.15) is 0 Å². The zero-order valence-corrected chi connectivity index (χ0v) is 19.9. The summed E-state index contributed by atoms with van der Waals surface area (Å²) in [5.41, 5.74) is 0.0404. The van der Waals surface area contributed by atoms with Crippen LogP contribution in [0.25, 0.3) is 0 Å². The highest BCUT2D eigenvalue weighted by molar-refractivity contribution is 6.40. The summed E-state index contributed by atoms with van der Waals surface area (Å²) in [6.45, 7) is 2.49. The van der Waals surface area contributed by atoms with Gasteiger partial charge in [0.1, 0.15) is 17.4 Å². The van der Waals surface area contributed by atoms with Crippen molar-refractivity contribution < 1.29 is 14.7 Å². The van der Waals surface area contributed by atoms with E-state index in [1.165, 1.54) is 12.4 Å². The average molecular weight is 505 g/mol. The number of carbonyl (C=O) groups is 2. The van der Waals surface area contributed by atoms with Crippen molar-refractivity contribution >= 4 is 52.1 Å². The lowest BCUT2D eigenvalue weighted by Gasteiger charge is -2.25. The number of carboxylic acids is 1. The first-order valence-electron chi connectivity index (χ1n) is 10.4. The van der Waals surface area contributed by atoms with Crippen molar-refractivity contribution in [3.05, 3.63) is 78.3 Å². The predicted octanol–water partition coefficient (Wildman–Crippen LogP) is 3.19. The highest BCUT2D eigenvalue weighted by Crippen LogP contribution is 2.25. The fraction of sp³-hybridized carbons (Fsp3) is 0.261. The number of rotatable bonds is 10. The van der Waals surface area contributed by atoms with Crippen LogP contribution in [0.4, 0.5) is 17.1 Å². The molecular weight excluding hydrogens is 483 g/mol. The van der Waals surface area contributed by atoms with Gasteiger partial charge in [-0.25, -0.2) is 4.79 Å². The third kappa shape index (κ3) is 5.37. The molecule has 9 nitrogen and oxygen atoms in total. The molecule has 11 heteroatoms. The Morgan fingerprint density at radius 3 is 2.26 bits per heavy atom. The summed E-state index contributed by atoms with van der Waals surface area (Å²) in [6, 6.07) is 5.37. The van der Waals surface area contributed by atoms with E-state index < -0.39 is 28.8 Å². The minimum absolute atomic E-state index is 0.0170. The third-order valence-electron chi connectivity index (χ3n) is 5.17. The number of aromatic nitrogens is 1. The molecule has 0 saturated carbocycles. The van der Waals surface area contributed by atoms with Crippen LogP contribution in [0, 0.1) is 0 Å². The van der Waals surface area contributed by atoms with Gasteiger partial charge in [0.2, 0.25) is 0 Å². The van der Waals surface area contributed by atoms with Crippen molar-refractivity contribution in [2.75, 3.05) is 29.1 Å². The van der Waals surface area contributed by atoms with Gasteiger partial charge in [0.05, 0.1) is 15.6 Å². The molecule has 0 spiro atoms. The summed E-state index contributed by atoms with van der Waals surface area (Å²) in [6.07, 6.45) is 3.43. The lowest BCUT2D eigenvalue weighted by Crippen LogP contribution is -2.45. The number of hydrogen-bond donors (Lipinski definition) is 3. The maximum atomic E-state index is 12.5. The first-order valence-corrected chi connectivity index (χ1v) is 11.1. The largest absolute Gasteiger partial charge is 0.480 e. The number of carboxylic acid groups (broad SMARTS) is 1. The summed E-state index contributed by atoms with van der Waals surface area (Å²) in [7, 11) is 1.68. The smallest absolute Gasteiger partial charge is 0.326 e. The van der Waals surface area contributed by atoms with E-state index in [9.17, 15) is 24.3 Å². The van der Waals surface area contributed by atoms with Gasteiger partial charge in [-0.3, -0.25) is 19.4 Å². The highest BCUT2D eigenvalue weighted by atomic mass is 35.5. The van der Waals surface area contributed by atoms with Crippen LogP contribution in [-0.2, 0) is 11.2 Å². The molecule has 3 rings (SSSR count). The Balaban J connectivity index is 1.72. The maximum absolute atomic E-state index is 12.5. The van der Waals surface area contributed by atoms with Crippen LogP contribution in [0.1, 0.15) is 29.3 Å². The van der Waals surface area contributed by atoms with Crippen LogP contribution in [0.15, 0.2) is 46.2 Å². The highest BCUT2D eigenvalue weighted by Gasteiger charge is 2.28. The number of hydrogen-bond acceptors (Lipinski definition) is 7. The van der Waals surface area contributed by atoms with E-state index in [1.54, 1.807) is 36.2 Å². The average Bonchev–Trinajstić information content (AvgIpc) is 2.78. The van der Waals surface area contributed by atoms with Gasteiger partial charge in [0.15, 0.2) is 0 Å².